The minimum Gasteiger partial charge on any atom is -0.320 e. The minimum atomic E-state index is -2.46. The zero-order chi connectivity index (χ0) is 15.8. The highest BCUT2D eigenvalue weighted by molar-refractivity contribution is 8.10. The van der Waals surface area contributed by atoms with E-state index in [1.54, 1.807) is 23.4 Å². The van der Waals surface area contributed by atoms with Crippen molar-refractivity contribution in [3.8, 4) is 0 Å². The first-order valence-electron chi connectivity index (χ1n) is 7.18. The second-order valence-electron chi connectivity index (χ2n) is 4.59. The standard InChI is InChI=1S/C13H29N2O2PS2/c1-7-12(4)17-18(19,15(9-3)13(5)16)14(8-2)10-11-20-6/h12H,7-11H2,1-6H3. The molecule has 0 spiro atoms. The van der Waals surface area contributed by atoms with E-state index in [9.17, 15) is 4.79 Å². The predicted molar refractivity (Wildman–Crippen MR) is 93.8 cm³/mol. The van der Waals surface area contributed by atoms with Crippen LogP contribution in [0.2, 0.25) is 0 Å². The van der Waals surface area contributed by atoms with Crippen molar-refractivity contribution >= 4 is 36.0 Å². The van der Waals surface area contributed by atoms with Gasteiger partial charge in [0.15, 0.2) is 0 Å². The molecule has 0 radical (unpaired) electrons. The van der Waals surface area contributed by atoms with Gasteiger partial charge in [0, 0.05) is 32.3 Å². The van der Waals surface area contributed by atoms with Crippen molar-refractivity contribution in [1.82, 2.24) is 9.34 Å². The van der Waals surface area contributed by atoms with Gasteiger partial charge in [-0.25, -0.2) is 4.67 Å². The average Bonchev–Trinajstić information content (AvgIpc) is 2.39. The number of carbonyl (C=O) groups is 1. The van der Waals surface area contributed by atoms with Crippen LogP contribution in [0.5, 0.6) is 0 Å². The summed E-state index contributed by atoms with van der Waals surface area (Å²) in [5, 5.41) is 0. The summed E-state index contributed by atoms with van der Waals surface area (Å²) in [5.41, 5.74) is 0. The molecule has 2 atom stereocenters. The molecule has 0 rings (SSSR count). The summed E-state index contributed by atoms with van der Waals surface area (Å²) in [4.78, 5) is 12.0. The molecule has 0 saturated carbocycles. The van der Waals surface area contributed by atoms with Gasteiger partial charge in [0.25, 0.3) is 0 Å². The lowest BCUT2D eigenvalue weighted by molar-refractivity contribution is -0.124. The Morgan fingerprint density at radius 1 is 1.35 bits per heavy atom. The molecule has 0 aromatic heterocycles. The van der Waals surface area contributed by atoms with E-state index in [-0.39, 0.29) is 12.0 Å². The van der Waals surface area contributed by atoms with Crippen LogP contribution in [-0.4, -0.2) is 53.0 Å². The van der Waals surface area contributed by atoms with E-state index in [0.717, 1.165) is 25.3 Å². The molecular weight excluding hydrogens is 311 g/mol. The number of hydrogen-bond donors (Lipinski definition) is 0. The summed E-state index contributed by atoms with van der Waals surface area (Å²) >= 11 is 7.67. The van der Waals surface area contributed by atoms with Gasteiger partial charge in [-0.15, -0.1) is 0 Å². The SMILES string of the molecule is CCC(C)OP(=S)(N(CC)CCSC)N(CC)C(C)=O. The Morgan fingerprint density at radius 2 is 1.95 bits per heavy atom. The summed E-state index contributed by atoms with van der Waals surface area (Å²) < 4.78 is 10.1. The number of rotatable bonds is 10. The zero-order valence-electron chi connectivity index (χ0n) is 13.6. The number of hydrogen-bond acceptors (Lipinski definition) is 4. The van der Waals surface area contributed by atoms with Gasteiger partial charge < -0.3 is 4.52 Å². The average molecular weight is 340 g/mol. The van der Waals surface area contributed by atoms with Crippen LogP contribution in [0.25, 0.3) is 0 Å². The van der Waals surface area contributed by atoms with Crippen molar-refractivity contribution in [1.29, 1.82) is 0 Å². The minimum absolute atomic E-state index is 0.00161. The highest BCUT2D eigenvalue weighted by atomic mass is 32.5. The zero-order valence-corrected chi connectivity index (χ0v) is 16.1. The number of amides is 1. The normalized spacial score (nSPS) is 15.9. The molecule has 0 aliphatic carbocycles. The van der Waals surface area contributed by atoms with Crippen molar-refractivity contribution < 1.29 is 9.32 Å². The van der Waals surface area contributed by atoms with E-state index in [1.807, 2.05) is 13.8 Å². The predicted octanol–water partition coefficient (Wildman–Crippen LogP) is 3.58. The maximum Gasteiger partial charge on any atom is 0.231 e. The van der Waals surface area contributed by atoms with Crippen LogP contribution in [0.3, 0.4) is 0 Å². The molecule has 1 amide bonds. The molecule has 0 N–H and O–H groups in total. The highest BCUT2D eigenvalue weighted by Gasteiger charge is 2.35. The third kappa shape index (κ3) is 5.64. The van der Waals surface area contributed by atoms with Crippen LogP contribution in [-0.2, 0) is 21.1 Å². The van der Waals surface area contributed by atoms with Crippen molar-refractivity contribution in [2.75, 3.05) is 31.6 Å². The third-order valence-corrected chi connectivity index (χ3v) is 8.28. The molecule has 0 aromatic carbocycles. The molecule has 20 heavy (non-hydrogen) atoms. The molecule has 0 aromatic rings. The first-order chi connectivity index (χ1) is 9.37. The largest absolute Gasteiger partial charge is 0.320 e. The molecule has 0 fully saturated rings. The second kappa shape index (κ2) is 10.2. The monoisotopic (exact) mass is 340 g/mol. The smallest absolute Gasteiger partial charge is 0.231 e. The van der Waals surface area contributed by atoms with Crippen molar-refractivity contribution in [3.05, 3.63) is 0 Å². The molecule has 120 valence electrons. The maximum atomic E-state index is 12.0. The van der Waals surface area contributed by atoms with E-state index in [0.29, 0.717) is 6.54 Å². The van der Waals surface area contributed by atoms with E-state index in [4.69, 9.17) is 16.3 Å². The number of nitrogens with zero attached hydrogens (tertiary/aromatic N) is 2. The van der Waals surface area contributed by atoms with Crippen LogP contribution < -0.4 is 0 Å². The fraction of sp³-hybridized carbons (Fsp3) is 0.923. The van der Waals surface area contributed by atoms with Gasteiger partial charge in [-0.05, 0) is 38.3 Å². The van der Waals surface area contributed by atoms with Crippen LogP contribution in [0.1, 0.15) is 41.0 Å². The lowest BCUT2D eigenvalue weighted by Gasteiger charge is -2.41. The number of thioether (sulfide) groups is 1. The third-order valence-electron chi connectivity index (χ3n) is 3.14. The molecule has 0 saturated heterocycles. The summed E-state index contributed by atoms with van der Waals surface area (Å²) in [6, 6.07) is 0. The van der Waals surface area contributed by atoms with Gasteiger partial charge in [-0.1, -0.05) is 13.8 Å². The van der Waals surface area contributed by atoms with Crippen molar-refractivity contribution in [2.45, 2.75) is 47.1 Å². The Morgan fingerprint density at radius 3 is 2.30 bits per heavy atom. The molecule has 0 aliphatic heterocycles. The van der Waals surface area contributed by atoms with Crippen molar-refractivity contribution in [2.24, 2.45) is 0 Å². The molecule has 7 heteroatoms. The van der Waals surface area contributed by atoms with E-state index in [2.05, 4.69) is 24.8 Å². The number of carbonyl (C=O) groups excluding carboxylic acids is 1. The van der Waals surface area contributed by atoms with Gasteiger partial charge in [-0.2, -0.15) is 11.8 Å². The fourth-order valence-electron chi connectivity index (χ4n) is 1.82. The highest BCUT2D eigenvalue weighted by Crippen LogP contribution is 2.55. The van der Waals surface area contributed by atoms with E-state index < -0.39 is 6.57 Å². The quantitative estimate of drug-likeness (QED) is 0.568. The van der Waals surface area contributed by atoms with Gasteiger partial charge in [-0.3, -0.25) is 9.46 Å². The Balaban J connectivity index is 5.40. The Hall–Kier alpha value is 0.390. The van der Waals surface area contributed by atoms with Crippen LogP contribution in [0.4, 0.5) is 0 Å². The molecule has 2 unspecified atom stereocenters. The molecule has 0 bridgehead atoms. The maximum absolute atomic E-state index is 12.0. The Bertz CT molecular complexity index is 342. The molecule has 4 nitrogen and oxygen atoms in total. The lowest BCUT2D eigenvalue weighted by atomic mass is 10.3. The van der Waals surface area contributed by atoms with Crippen LogP contribution in [0, 0.1) is 0 Å². The van der Waals surface area contributed by atoms with Gasteiger partial charge in [0.2, 0.25) is 12.5 Å². The van der Waals surface area contributed by atoms with Gasteiger partial charge >= 0.3 is 0 Å². The summed E-state index contributed by atoms with van der Waals surface area (Å²) in [6.07, 6.45) is 3.04. The second-order valence-corrected chi connectivity index (χ2v) is 9.24. The van der Waals surface area contributed by atoms with Crippen LogP contribution >= 0.6 is 18.3 Å². The first kappa shape index (κ1) is 20.4. The molecular formula is C13H29N2O2PS2. The van der Waals surface area contributed by atoms with Gasteiger partial charge in [0.05, 0.1) is 6.10 Å². The summed E-state index contributed by atoms with van der Waals surface area (Å²) in [6.45, 7) is 9.51. The van der Waals surface area contributed by atoms with Gasteiger partial charge in [0.1, 0.15) is 0 Å². The molecule has 0 aliphatic rings. The topological polar surface area (TPSA) is 32.8 Å². The Kier molecular flexibility index (Phi) is 10.4. The van der Waals surface area contributed by atoms with Crippen molar-refractivity contribution in [3.63, 3.8) is 0 Å². The van der Waals surface area contributed by atoms with Crippen LogP contribution in [0.15, 0.2) is 0 Å². The lowest BCUT2D eigenvalue weighted by Crippen LogP contribution is -2.37. The first-order valence-corrected chi connectivity index (χ1v) is 11.2. The Labute approximate surface area is 133 Å². The molecule has 0 heterocycles. The summed E-state index contributed by atoms with van der Waals surface area (Å²) in [5.74, 6) is 0.993. The van der Waals surface area contributed by atoms with E-state index in [1.165, 1.54) is 0 Å². The fourth-order valence-corrected chi connectivity index (χ4v) is 6.68. The summed E-state index contributed by atoms with van der Waals surface area (Å²) in [7, 11) is 0. The van der Waals surface area contributed by atoms with E-state index >= 15 is 0 Å².